The van der Waals surface area contributed by atoms with Gasteiger partial charge in [-0.3, -0.25) is 14.2 Å². The number of amides is 1. The SMILES string of the molecule is CC(C)Cn1c(SC(C)C(=O)N(C)c2ccccc2)nc2ccc(Cl)cc2c1=O. The summed E-state index contributed by atoms with van der Waals surface area (Å²) in [7, 11) is 1.76. The van der Waals surface area contributed by atoms with Crippen LogP contribution in [0.3, 0.4) is 0 Å². The van der Waals surface area contributed by atoms with E-state index in [-0.39, 0.29) is 17.4 Å². The highest BCUT2D eigenvalue weighted by Crippen LogP contribution is 2.26. The van der Waals surface area contributed by atoms with Gasteiger partial charge in [-0.05, 0) is 43.2 Å². The number of fused-ring (bicyclic) bond motifs is 1. The Labute approximate surface area is 179 Å². The summed E-state index contributed by atoms with van der Waals surface area (Å²) in [4.78, 5) is 32.4. The number of hydrogen-bond donors (Lipinski definition) is 0. The van der Waals surface area contributed by atoms with Gasteiger partial charge < -0.3 is 4.90 Å². The normalized spacial score (nSPS) is 12.3. The number of benzene rings is 2. The molecule has 7 heteroatoms. The lowest BCUT2D eigenvalue weighted by atomic mass is 10.2. The molecule has 0 radical (unpaired) electrons. The largest absolute Gasteiger partial charge is 0.315 e. The Bertz CT molecular complexity index is 1080. The molecule has 1 heterocycles. The molecule has 3 rings (SSSR count). The Hall–Kier alpha value is -2.31. The van der Waals surface area contributed by atoms with Gasteiger partial charge in [0.2, 0.25) is 5.91 Å². The third-order valence-corrected chi connectivity index (χ3v) is 5.85. The Balaban J connectivity index is 1.96. The zero-order chi connectivity index (χ0) is 21.1. The molecule has 0 bridgehead atoms. The molecule has 2 aromatic carbocycles. The van der Waals surface area contributed by atoms with Crippen molar-refractivity contribution in [2.45, 2.75) is 37.7 Å². The van der Waals surface area contributed by atoms with E-state index in [1.807, 2.05) is 51.1 Å². The molecule has 0 saturated carbocycles. The first-order valence-electron chi connectivity index (χ1n) is 9.47. The minimum absolute atomic E-state index is 0.0530. The van der Waals surface area contributed by atoms with Gasteiger partial charge in [0.25, 0.3) is 5.56 Å². The molecular formula is C22H24ClN3O2S. The number of anilines is 1. The van der Waals surface area contributed by atoms with Gasteiger partial charge in [-0.2, -0.15) is 0 Å². The average Bonchev–Trinajstić information content (AvgIpc) is 2.70. The van der Waals surface area contributed by atoms with E-state index in [0.29, 0.717) is 27.6 Å². The van der Waals surface area contributed by atoms with E-state index in [1.54, 1.807) is 34.7 Å². The molecule has 1 atom stereocenters. The van der Waals surface area contributed by atoms with Crippen LogP contribution < -0.4 is 10.5 Å². The van der Waals surface area contributed by atoms with Crippen LogP contribution in [0.15, 0.2) is 58.5 Å². The first-order valence-corrected chi connectivity index (χ1v) is 10.7. The molecule has 0 saturated heterocycles. The summed E-state index contributed by atoms with van der Waals surface area (Å²) in [5.41, 5.74) is 1.27. The van der Waals surface area contributed by atoms with Gasteiger partial charge in [0, 0.05) is 24.3 Å². The van der Waals surface area contributed by atoms with E-state index in [0.717, 1.165) is 5.69 Å². The number of carbonyl (C=O) groups excluding carboxylic acids is 1. The van der Waals surface area contributed by atoms with Crippen LogP contribution >= 0.6 is 23.4 Å². The van der Waals surface area contributed by atoms with Crippen LogP contribution in [0.1, 0.15) is 20.8 Å². The second-order valence-electron chi connectivity index (χ2n) is 7.36. The molecule has 5 nitrogen and oxygen atoms in total. The average molecular weight is 430 g/mol. The van der Waals surface area contributed by atoms with E-state index in [1.165, 1.54) is 11.8 Å². The third kappa shape index (κ3) is 4.82. The van der Waals surface area contributed by atoms with Crippen molar-refractivity contribution in [1.29, 1.82) is 0 Å². The van der Waals surface area contributed by atoms with Crippen molar-refractivity contribution in [2.24, 2.45) is 5.92 Å². The fourth-order valence-corrected chi connectivity index (χ4v) is 4.23. The maximum Gasteiger partial charge on any atom is 0.262 e. The number of hydrogen-bond acceptors (Lipinski definition) is 4. The van der Waals surface area contributed by atoms with Crippen molar-refractivity contribution in [3.05, 3.63) is 63.9 Å². The van der Waals surface area contributed by atoms with Crippen LogP contribution in [0.2, 0.25) is 5.02 Å². The van der Waals surface area contributed by atoms with Crippen molar-refractivity contribution in [3.8, 4) is 0 Å². The summed E-state index contributed by atoms with van der Waals surface area (Å²) in [6.07, 6.45) is 0. The molecule has 0 aliphatic rings. The maximum absolute atomic E-state index is 13.1. The standard InChI is InChI=1S/C22H24ClN3O2S/c1-14(2)13-26-21(28)18-12-16(23)10-11-19(18)24-22(26)29-15(3)20(27)25(4)17-8-6-5-7-9-17/h5-12,14-15H,13H2,1-4H3. The maximum atomic E-state index is 13.1. The van der Waals surface area contributed by atoms with Crippen LogP contribution in [-0.2, 0) is 11.3 Å². The third-order valence-electron chi connectivity index (χ3n) is 4.53. The summed E-state index contributed by atoms with van der Waals surface area (Å²) < 4.78 is 1.65. The van der Waals surface area contributed by atoms with Gasteiger partial charge in [-0.15, -0.1) is 0 Å². The topological polar surface area (TPSA) is 55.2 Å². The summed E-state index contributed by atoms with van der Waals surface area (Å²) in [5, 5.41) is 1.12. The summed E-state index contributed by atoms with van der Waals surface area (Å²) in [6.45, 7) is 6.44. The quantitative estimate of drug-likeness (QED) is 0.415. The van der Waals surface area contributed by atoms with Crippen LogP contribution in [0.25, 0.3) is 10.9 Å². The molecule has 3 aromatic rings. The minimum atomic E-state index is -0.407. The molecular weight excluding hydrogens is 406 g/mol. The fourth-order valence-electron chi connectivity index (χ4n) is 3.05. The summed E-state index contributed by atoms with van der Waals surface area (Å²) in [5.74, 6) is 0.200. The molecule has 1 unspecified atom stereocenters. The van der Waals surface area contributed by atoms with E-state index >= 15 is 0 Å². The van der Waals surface area contributed by atoms with Gasteiger partial charge in [0.05, 0.1) is 16.2 Å². The first kappa shape index (κ1) is 21.4. The number of carbonyl (C=O) groups is 1. The summed E-state index contributed by atoms with van der Waals surface area (Å²) in [6, 6.07) is 14.6. The molecule has 0 fully saturated rings. The van der Waals surface area contributed by atoms with E-state index < -0.39 is 5.25 Å². The lowest BCUT2D eigenvalue weighted by Crippen LogP contribution is -2.34. The van der Waals surface area contributed by atoms with Crippen molar-refractivity contribution < 1.29 is 4.79 Å². The van der Waals surface area contributed by atoms with Gasteiger partial charge in [-0.1, -0.05) is 55.4 Å². The van der Waals surface area contributed by atoms with E-state index in [9.17, 15) is 9.59 Å². The number of halogens is 1. The van der Waals surface area contributed by atoms with Gasteiger partial charge in [-0.25, -0.2) is 4.98 Å². The lowest BCUT2D eigenvalue weighted by Gasteiger charge is -2.22. The van der Waals surface area contributed by atoms with Crippen molar-refractivity contribution in [3.63, 3.8) is 0 Å². The highest BCUT2D eigenvalue weighted by atomic mass is 35.5. The molecule has 29 heavy (non-hydrogen) atoms. The van der Waals surface area contributed by atoms with Crippen molar-refractivity contribution >= 4 is 45.9 Å². The highest BCUT2D eigenvalue weighted by molar-refractivity contribution is 8.00. The molecule has 1 amide bonds. The van der Waals surface area contributed by atoms with Gasteiger partial charge in [0.1, 0.15) is 0 Å². The Morgan fingerprint density at radius 3 is 2.52 bits per heavy atom. The predicted molar refractivity (Wildman–Crippen MR) is 121 cm³/mol. The Morgan fingerprint density at radius 1 is 1.17 bits per heavy atom. The van der Waals surface area contributed by atoms with Crippen molar-refractivity contribution in [1.82, 2.24) is 9.55 Å². The zero-order valence-corrected chi connectivity index (χ0v) is 18.5. The minimum Gasteiger partial charge on any atom is -0.315 e. The van der Waals surface area contributed by atoms with Crippen LogP contribution in [-0.4, -0.2) is 27.8 Å². The monoisotopic (exact) mass is 429 g/mol. The molecule has 0 aliphatic heterocycles. The molecule has 0 aliphatic carbocycles. The molecule has 1 aromatic heterocycles. The Kier molecular flexibility index (Phi) is 6.65. The Morgan fingerprint density at radius 2 is 1.86 bits per heavy atom. The molecule has 0 spiro atoms. The van der Waals surface area contributed by atoms with Crippen LogP contribution in [0.5, 0.6) is 0 Å². The van der Waals surface area contributed by atoms with Crippen molar-refractivity contribution in [2.75, 3.05) is 11.9 Å². The van der Waals surface area contributed by atoms with Crippen LogP contribution in [0.4, 0.5) is 5.69 Å². The number of aromatic nitrogens is 2. The second kappa shape index (κ2) is 9.01. The van der Waals surface area contributed by atoms with E-state index in [2.05, 4.69) is 4.98 Å². The number of nitrogens with zero attached hydrogens (tertiary/aromatic N) is 3. The molecule has 152 valence electrons. The zero-order valence-electron chi connectivity index (χ0n) is 16.9. The number of thioether (sulfide) groups is 1. The van der Waals surface area contributed by atoms with Crippen LogP contribution in [0, 0.1) is 5.92 Å². The smallest absolute Gasteiger partial charge is 0.262 e. The summed E-state index contributed by atoms with van der Waals surface area (Å²) >= 11 is 7.38. The van der Waals surface area contributed by atoms with Gasteiger partial charge >= 0.3 is 0 Å². The molecule has 0 N–H and O–H groups in total. The second-order valence-corrected chi connectivity index (χ2v) is 9.10. The lowest BCUT2D eigenvalue weighted by molar-refractivity contribution is -0.117. The number of rotatable bonds is 6. The number of para-hydroxylation sites is 1. The van der Waals surface area contributed by atoms with E-state index in [4.69, 9.17) is 11.6 Å². The predicted octanol–water partition coefficient (Wildman–Crippen LogP) is 4.85. The van der Waals surface area contributed by atoms with Gasteiger partial charge in [0.15, 0.2) is 5.16 Å². The first-order chi connectivity index (χ1) is 13.8. The fraction of sp³-hybridized carbons (Fsp3) is 0.318. The highest BCUT2D eigenvalue weighted by Gasteiger charge is 2.23.